The number of amides is 2. The number of nitrogens with one attached hydrogen (secondary N) is 1. The number of likely N-dealkylation sites (tertiary alicyclic amines) is 1. The molecule has 3 rings (SSSR count). The van der Waals surface area contributed by atoms with Crippen LogP contribution in [0.25, 0.3) is 0 Å². The zero-order valence-electron chi connectivity index (χ0n) is 11.7. The minimum atomic E-state index is -0.582. The second-order valence-electron chi connectivity index (χ2n) is 5.49. The SMILES string of the molecule is O=C1NCC2(CCCN(C(=O)OCc3ccccc3)C2)O1. The van der Waals surface area contributed by atoms with Gasteiger partial charge in [-0.05, 0) is 18.4 Å². The summed E-state index contributed by atoms with van der Waals surface area (Å²) >= 11 is 0. The fourth-order valence-corrected chi connectivity index (χ4v) is 2.79. The molecule has 1 unspecified atom stereocenters. The summed E-state index contributed by atoms with van der Waals surface area (Å²) in [7, 11) is 0. The van der Waals surface area contributed by atoms with Crippen molar-refractivity contribution < 1.29 is 19.1 Å². The Bertz CT molecular complexity index is 534. The van der Waals surface area contributed by atoms with E-state index in [1.54, 1.807) is 4.90 Å². The number of nitrogens with zero attached hydrogens (tertiary/aromatic N) is 1. The molecule has 21 heavy (non-hydrogen) atoms. The molecule has 6 nitrogen and oxygen atoms in total. The summed E-state index contributed by atoms with van der Waals surface area (Å²) in [4.78, 5) is 25.0. The lowest BCUT2D eigenvalue weighted by atomic mass is 9.93. The molecule has 2 amide bonds. The van der Waals surface area contributed by atoms with Gasteiger partial charge in [0.05, 0.1) is 13.1 Å². The molecular formula is C15H18N2O4. The highest BCUT2D eigenvalue weighted by atomic mass is 16.6. The standard InChI is InChI=1S/C15H18N2O4/c18-13-16-10-15(21-13)7-4-8-17(11-15)14(19)20-9-12-5-2-1-3-6-12/h1-3,5-6H,4,7-11H2,(H,16,18). The van der Waals surface area contributed by atoms with Crippen molar-refractivity contribution in [3.63, 3.8) is 0 Å². The number of piperidine rings is 1. The second kappa shape index (κ2) is 5.63. The molecule has 0 aromatic heterocycles. The highest BCUT2D eigenvalue weighted by molar-refractivity contribution is 5.71. The van der Waals surface area contributed by atoms with Gasteiger partial charge in [-0.3, -0.25) is 0 Å². The van der Waals surface area contributed by atoms with Crippen molar-refractivity contribution in [1.29, 1.82) is 0 Å². The number of rotatable bonds is 2. The van der Waals surface area contributed by atoms with E-state index in [1.165, 1.54) is 0 Å². The van der Waals surface area contributed by atoms with Crippen molar-refractivity contribution in [1.82, 2.24) is 10.2 Å². The predicted molar refractivity (Wildman–Crippen MR) is 74.6 cm³/mol. The van der Waals surface area contributed by atoms with E-state index >= 15 is 0 Å². The van der Waals surface area contributed by atoms with Crippen LogP contribution in [0.15, 0.2) is 30.3 Å². The van der Waals surface area contributed by atoms with Crippen molar-refractivity contribution in [3.05, 3.63) is 35.9 Å². The van der Waals surface area contributed by atoms with Gasteiger partial charge in [-0.15, -0.1) is 0 Å². The van der Waals surface area contributed by atoms with Gasteiger partial charge in [0.15, 0.2) is 0 Å². The maximum absolute atomic E-state index is 12.1. The van der Waals surface area contributed by atoms with Crippen LogP contribution in [-0.2, 0) is 16.1 Å². The van der Waals surface area contributed by atoms with Gasteiger partial charge in [-0.1, -0.05) is 30.3 Å². The number of alkyl carbamates (subject to hydrolysis) is 1. The first kappa shape index (κ1) is 13.7. The van der Waals surface area contributed by atoms with Crippen LogP contribution >= 0.6 is 0 Å². The maximum atomic E-state index is 12.1. The normalized spacial score (nSPS) is 24.6. The van der Waals surface area contributed by atoms with Crippen molar-refractivity contribution in [2.45, 2.75) is 25.0 Å². The number of hydrogen-bond acceptors (Lipinski definition) is 4. The number of carbonyl (C=O) groups is 2. The number of ether oxygens (including phenoxy) is 2. The average molecular weight is 290 g/mol. The Morgan fingerprint density at radius 1 is 1.38 bits per heavy atom. The summed E-state index contributed by atoms with van der Waals surface area (Å²) in [6, 6.07) is 9.55. The van der Waals surface area contributed by atoms with E-state index in [0.29, 0.717) is 19.6 Å². The average Bonchev–Trinajstić information content (AvgIpc) is 2.86. The minimum absolute atomic E-state index is 0.251. The Morgan fingerprint density at radius 3 is 2.90 bits per heavy atom. The molecule has 112 valence electrons. The molecule has 2 saturated heterocycles. The third-order valence-electron chi connectivity index (χ3n) is 3.87. The molecule has 6 heteroatoms. The van der Waals surface area contributed by atoms with Crippen LogP contribution in [0.2, 0.25) is 0 Å². The molecule has 1 aromatic carbocycles. The van der Waals surface area contributed by atoms with E-state index in [2.05, 4.69) is 5.32 Å². The molecule has 1 aromatic rings. The van der Waals surface area contributed by atoms with Crippen molar-refractivity contribution in [2.24, 2.45) is 0 Å². The topological polar surface area (TPSA) is 67.9 Å². The first-order valence-corrected chi connectivity index (χ1v) is 7.09. The van der Waals surface area contributed by atoms with Crippen LogP contribution < -0.4 is 5.32 Å². The summed E-state index contributed by atoms with van der Waals surface area (Å²) in [6.07, 6.45) is 0.805. The highest BCUT2D eigenvalue weighted by Crippen LogP contribution is 2.28. The van der Waals surface area contributed by atoms with Crippen LogP contribution in [0.5, 0.6) is 0 Å². The second-order valence-corrected chi connectivity index (χ2v) is 5.49. The third-order valence-corrected chi connectivity index (χ3v) is 3.87. The Balaban J connectivity index is 1.56. The lowest BCUT2D eigenvalue weighted by Gasteiger charge is -2.37. The third kappa shape index (κ3) is 3.09. The minimum Gasteiger partial charge on any atom is -0.445 e. The molecule has 0 aliphatic carbocycles. The van der Waals surface area contributed by atoms with Crippen LogP contribution in [0.3, 0.4) is 0 Å². The molecule has 2 aliphatic rings. The lowest BCUT2D eigenvalue weighted by Crippen LogP contribution is -2.52. The summed E-state index contributed by atoms with van der Waals surface area (Å²) < 4.78 is 10.7. The fraction of sp³-hybridized carbons (Fsp3) is 0.467. The summed E-state index contributed by atoms with van der Waals surface area (Å²) in [5.41, 5.74) is 0.368. The van der Waals surface area contributed by atoms with Gasteiger partial charge in [0.25, 0.3) is 0 Å². The molecule has 2 aliphatic heterocycles. The highest BCUT2D eigenvalue weighted by Gasteiger charge is 2.45. The zero-order valence-corrected chi connectivity index (χ0v) is 11.7. The molecule has 0 bridgehead atoms. The van der Waals surface area contributed by atoms with Gasteiger partial charge in [-0.2, -0.15) is 0 Å². The van der Waals surface area contributed by atoms with Gasteiger partial charge < -0.3 is 19.7 Å². The van der Waals surface area contributed by atoms with Gasteiger partial charge in [-0.25, -0.2) is 9.59 Å². The summed E-state index contributed by atoms with van der Waals surface area (Å²) in [5.74, 6) is 0. The quantitative estimate of drug-likeness (QED) is 0.903. The molecule has 1 atom stereocenters. The fourth-order valence-electron chi connectivity index (χ4n) is 2.79. The first-order valence-electron chi connectivity index (χ1n) is 7.09. The smallest absolute Gasteiger partial charge is 0.410 e. The maximum Gasteiger partial charge on any atom is 0.410 e. The van der Waals surface area contributed by atoms with Gasteiger partial charge in [0.1, 0.15) is 12.2 Å². The Hall–Kier alpha value is -2.24. The molecule has 0 saturated carbocycles. The Labute approximate surface area is 123 Å². The van der Waals surface area contributed by atoms with Crippen molar-refractivity contribution in [2.75, 3.05) is 19.6 Å². The van der Waals surface area contributed by atoms with E-state index in [4.69, 9.17) is 9.47 Å². The van der Waals surface area contributed by atoms with E-state index in [1.807, 2.05) is 30.3 Å². The van der Waals surface area contributed by atoms with Crippen molar-refractivity contribution in [3.8, 4) is 0 Å². The Kier molecular flexibility index (Phi) is 3.68. The number of benzene rings is 1. The lowest BCUT2D eigenvalue weighted by molar-refractivity contribution is -0.0109. The van der Waals surface area contributed by atoms with Crippen LogP contribution in [0.4, 0.5) is 9.59 Å². The van der Waals surface area contributed by atoms with E-state index in [9.17, 15) is 9.59 Å². The molecule has 2 heterocycles. The van der Waals surface area contributed by atoms with Gasteiger partial charge in [0, 0.05) is 6.54 Å². The zero-order chi connectivity index (χ0) is 14.7. The first-order chi connectivity index (χ1) is 10.2. The largest absolute Gasteiger partial charge is 0.445 e. The number of carbonyl (C=O) groups excluding carboxylic acids is 2. The van der Waals surface area contributed by atoms with Crippen LogP contribution in [-0.4, -0.2) is 42.3 Å². The Morgan fingerprint density at radius 2 is 2.19 bits per heavy atom. The molecule has 1 N–H and O–H groups in total. The summed E-state index contributed by atoms with van der Waals surface area (Å²) in [5, 5.41) is 2.66. The van der Waals surface area contributed by atoms with Gasteiger partial charge in [0.2, 0.25) is 0 Å². The molecule has 0 radical (unpaired) electrons. The van der Waals surface area contributed by atoms with E-state index in [-0.39, 0.29) is 12.7 Å². The van der Waals surface area contributed by atoms with E-state index < -0.39 is 11.7 Å². The van der Waals surface area contributed by atoms with Crippen LogP contribution in [0, 0.1) is 0 Å². The molecule has 2 fully saturated rings. The predicted octanol–water partition coefficient (Wildman–Crippen LogP) is 1.90. The summed E-state index contributed by atoms with van der Waals surface area (Å²) in [6.45, 7) is 1.72. The monoisotopic (exact) mass is 290 g/mol. The number of hydrogen-bond donors (Lipinski definition) is 1. The van der Waals surface area contributed by atoms with Crippen LogP contribution in [0.1, 0.15) is 18.4 Å². The van der Waals surface area contributed by atoms with Crippen molar-refractivity contribution >= 4 is 12.2 Å². The van der Waals surface area contributed by atoms with E-state index in [0.717, 1.165) is 18.4 Å². The van der Waals surface area contributed by atoms with Gasteiger partial charge >= 0.3 is 12.2 Å². The molecule has 1 spiro atoms. The molecular weight excluding hydrogens is 272 g/mol.